The molecule has 0 saturated carbocycles. The van der Waals surface area contributed by atoms with Gasteiger partial charge in [0, 0.05) is 50.3 Å². The van der Waals surface area contributed by atoms with E-state index in [0.29, 0.717) is 49.7 Å². The fourth-order valence-corrected chi connectivity index (χ4v) is 29.5. The number of aryl methyl sites for hydroxylation is 2. The zero-order chi connectivity index (χ0) is 59.2. The number of hydrogen-bond donors (Lipinski definition) is 0. The smallest absolute Gasteiger partial charge is 0.269 e. The van der Waals surface area contributed by atoms with Gasteiger partial charge in [0.15, 0.2) is 22.6 Å². The van der Waals surface area contributed by atoms with Crippen molar-refractivity contribution in [3.63, 3.8) is 0 Å². The van der Waals surface area contributed by atoms with E-state index in [4.69, 9.17) is 9.97 Å². The second kappa shape index (κ2) is 26.4. The Morgan fingerprint density at radius 1 is 0.536 bits per heavy atom. The van der Waals surface area contributed by atoms with Gasteiger partial charge in [0.25, 0.3) is 20.0 Å². The van der Waals surface area contributed by atoms with Gasteiger partial charge < -0.3 is 9.80 Å². The molecule has 2 aromatic carbocycles. The van der Waals surface area contributed by atoms with Gasteiger partial charge in [-0.25, -0.2) is 44.7 Å². The molecule has 10 aromatic rings. The van der Waals surface area contributed by atoms with Gasteiger partial charge in [-0.15, -0.1) is 20.4 Å². The molecule has 442 valence electrons. The molecular formula is C58H73BrN18O4S2Sn. The minimum Gasteiger partial charge on any atom is -0.338 e. The van der Waals surface area contributed by atoms with Crippen LogP contribution in [0.15, 0.2) is 125 Å². The number of unbranched alkanes of at least 4 members (excludes halogenated alkanes) is 3. The second-order valence-corrected chi connectivity index (χ2v) is 39.4. The molecule has 0 amide bonds. The zero-order valence-corrected chi connectivity index (χ0v) is 54.9. The SMILES string of the molecule is CCC[CH2][Sn]([CH2]CCC)([CH2]CCC)[c]1ccnc(N2CCN(C)CC2)n1.Cc1ccc(S(=O)(=O)n2cc(-c3ccnc(N4CCN(C)CC4)n3)c3c2ncc2nncn23)cc1.Cc1ccc(S(=O)(=O)n2cc(Br)c3c2ncc2nncn23)cc1. The second-order valence-electron chi connectivity index (χ2n) is 21.9. The van der Waals surface area contributed by atoms with Crippen molar-refractivity contribution in [2.24, 2.45) is 0 Å². The van der Waals surface area contributed by atoms with Crippen LogP contribution in [0.25, 0.3) is 44.9 Å². The number of benzene rings is 2. The summed E-state index contributed by atoms with van der Waals surface area (Å²) >= 11 is 0.959. The van der Waals surface area contributed by atoms with Crippen molar-refractivity contribution in [1.82, 2.24) is 76.8 Å². The zero-order valence-electron chi connectivity index (χ0n) is 48.8. The van der Waals surface area contributed by atoms with E-state index in [1.807, 2.05) is 13.8 Å². The molecule has 0 N–H and O–H groups in total. The van der Waals surface area contributed by atoms with E-state index in [9.17, 15) is 16.8 Å². The van der Waals surface area contributed by atoms with Crippen LogP contribution in [0.1, 0.15) is 70.4 Å². The third-order valence-electron chi connectivity index (χ3n) is 15.9. The van der Waals surface area contributed by atoms with Crippen LogP contribution in [-0.2, 0) is 20.0 Å². The van der Waals surface area contributed by atoms with Gasteiger partial charge >= 0.3 is 166 Å². The van der Waals surface area contributed by atoms with Gasteiger partial charge in [-0.3, -0.25) is 8.80 Å². The van der Waals surface area contributed by atoms with Crippen molar-refractivity contribution < 1.29 is 16.8 Å². The molecule has 0 unspecified atom stereocenters. The van der Waals surface area contributed by atoms with Gasteiger partial charge in [0.1, 0.15) is 23.7 Å². The summed E-state index contributed by atoms with van der Waals surface area (Å²) in [6, 6.07) is 17.5. The predicted octanol–water partition coefficient (Wildman–Crippen LogP) is 8.50. The third-order valence-corrected chi connectivity index (χ3v) is 34.9. The first-order valence-corrected chi connectivity index (χ1v) is 39.9. The van der Waals surface area contributed by atoms with Crippen LogP contribution < -0.4 is 13.5 Å². The van der Waals surface area contributed by atoms with Crippen LogP contribution in [0.5, 0.6) is 0 Å². The van der Waals surface area contributed by atoms with Crippen molar-refractivity contribution in [2.45, 2.75) is 96.2 Å². The number of anilines is 2. The maximum absolute atomic E-state index is 13.7. The Balaban J connectivity index is 0.000000144. The minimum absolute atomic E-state index is 0.179. The van der Waals surface area contributed by atoms with Crippen molar-refractivity contribution in [2.75, 3.05) is 76.3 Å². The molecule has 0 radical (unpaired) electrons. The fourth-order valence-electron chi connectivity index (χ4n) is 10.8. The molecule has 84 heavy (non-hydrogen) atoms. The van der Waals surface area contributed by atoms with Crippen LogP contribution in [0.2, 0.25) is 13.3 Å². The Bertz CT molecular complexity index is 4080. The van der Waals surface area contributed by atoms with Crippen molar-refractivity contribution in [1.29, 1.82) is 0 Å². The summed E-state index contributed by atoms with van der Waals surface area (Å²) in [5.74, 6) is 1.61. The van der Waals surface area contributed by atoms with E-state index in [-0.39, 0.29) is 15.4 Å². The van der Waals surface area contributed by atoms with E-state index < -0.39 is 38.4 Å². The largest absolute Gasteiger partial charge is 0.338 e. The average Bonchev–Trinajstić information content (AvgIpc) is 2.14. The van der Waals surface area contributed by atoms with E-state index >= 15 is 0 Å². The third kappa shape index (κ3) is 12.9. The summed E-state index contributed by atoms with van der Waals surface area (Å²) in [5.41, 5.74) is 5.97. The molecular weight excluding hydrogens is 1280 g/mol. The summed E-state index contributed by atoms with van der Waals surface area (Å²) in [4.78, 5) is 37.5. The first kappa shape index (κ1) is 60.6. The molecule has 8 aromatic heterocycles. The molecule has 2 aliphatic heterocycles. The number of likely N-dealkylation sites (N-methyl/N-ethyl adjacent to an activating group) is 2. The normalized spacial score (nSPS) is 14.8. The number of fused-ring (bicyclic) bond motifs is 6. The maximum atomic E-state index is 13.7. The molecule has 10 heterocycles. The van der Waals surface area contributed by atoms with E-state index in [2.05, 4.69) is 123 Å². The van der Waals surface area contributed by atoms with Crippen LogP contribution in [0, 0.1) is 13.8 Å². The summed E-state index contributed by atoms with van der Waals surface area (Å²) in [6.07, 6.45) is 21.0. The fraction of sp³-hybridized carbons (Fsp3) is 0.414. The molecule has 0 spiro atoms. The predicted molar refractivity (Wildman–Crippen MR) is 335 cm³/mol. The van der Waals surface area contributed by atoms with Crippen LogP contribution in [0.3, 0.4) is 0 Å². The molecule has 0 aliphatic carbocycles. The Labute approximate surface area is 503 Å². The number of nitrogens with zero attached hydrogens (tertiary/aromatic N) is 18. The molecule has 12 rings (SSSR count). The Morgan fingerprint density at radius 3 is 1.46 bits per heavy atom. The molecule has 26 heteroatoms. The van der Waals surface area contributed by atoms with Crippen molar-refractivity contribution in [3.05, 3.63) is 126 Å². The van der Waals surface area contributed by atoms with Gasteiger partial charge in [0.05, 0.1) is 32.4 Å². The summed E-state index contributed by atoms with van der Waals surface area (Å²) in [5, 5.41) is 15.8. The molecule has 2 aliphatic rings. The summed E-state index contributed by atoms with van der Waals surface area (Å²) in [6.45, 7) is 18.7. The monoisotopic (exact) mass is 1350 g/mol. The van der Waals surface area contributed by atoms with Crippen LogP contribution in [-0.4, -0.2) is 179 Å². The number of rotatable bonds is 17. The molecule has 2 saturated heterocycles. The number of aromatic nitrogens is 14. The Hall–Kier alpha value is -6.52. The van der Waals surface area contributed by atoms with Crippen molar-refractivity contribution in [3.8, 4) is 11.3 Å². The van der Waals surface area contributed by atoms with Gasteiger partial charge in [-0.05, 0) is 67.2 Å². The number of hydrogen-bond acceptors (Lipinski definition) is 18. The van der Waals surface area contributed by atoms with Gasteiger partial charge in [0.2, 0.25) is 5.95 Å². The van der Waals surface area contributed by atoms with E-state index in [1.54, 1.807) is 82.1 Å². The average molecular weight is 1350 g/mol. The quantitative estimate of drug-likeness (QED) is 0.0778. The topological polar surface area (TPSA) is 229 Å². The molecule has 22 nitrogen and oxygen atoms in total. The van der Waals surface area contributed by atoms with Gasteiger partial charge in [-0.2, -0.15) is 0 Å². The van der Waals surface area contributed by atoms with E-state index in [1.165, 1.54) is 84.4 Å². The van der Waals surface area contributed by atoms with E-state index in [0.717, 1.165) is 73.4 Å². The molecule has 0 bridgehead atoms. The van der Waals surface area contributed by atoms with Crippen LogP contribution >= 0.6 is 15.9 Å². The summed E-state index contributed by atoms with van der Waals surface area (Å²) in [7, 11) is -3.36. The summed E-state index contributed by atoms with van der Waals surface area (Å²) < 4.78 is 65.5. The molecule has 2 fully saturated rings. The Morgan fingerprint density at radius 2 is 0.976 bits per heavy atom. The van der Waals surface area contributed by atoms with Crippen molar-refractivity contribution >= 4 is 104 Å². The van der Waals surface area contributed by atoms with Gasteiger partial charge in [-0.1, -0.05) is 35.4 Å². The minimum atomic E-state index is -3.92. The first-order chi connectivity index (χ1) is 40.5. The molecule has 0 atom stereocenters. The van der Waals surface area contributed by atoms with Crippen LogP contribution in [0.4, 0.5) is 11.9 Å². The first-order valence-electron chi connectivity index (χ1n) is 28.8. The maximum Gasteiger partial charge on any atom is 0.269 e. The number of halogens is 1. The standard InChI is InChI=1S/C23H23N9O2S.C14H10BrN5O2S.C9H13N4.3C4H9.Sn/c1-16-3-5-17(6-4-16)35(33,34)32-14-18(21-22(32)25-13-20-28-26-15-31(20)21)19-7-8-24-23(27-19)30-11-9-29(2)10-12-30;1-9-2-4-10(5-3-9)23(21,22)20-7-11(15)13-14(20)16-6-12-18-17-8-19(12)13;1-12-5-7-13(8-6-12)9-10-3-2-4-11-9;3*1-3-4-2;/h3-8,13-15H,9-12H2,1-2H3;2-8H,1H3;2-3H,5-8H2,1H3;3*1,3-4H2,2H3;. The Kier molecular flexibility index (Phi) is 19.0. The number of piperazine rings is 2.